The first kappa shape index (κ1) is 14.7. The molecule has 0 aliphatic carbocycles. The van der Waals surface area contributed by atoms with Crippen LogP contribution in [0, 0.1) is 0 Å². The number of hydrogen-bond acceptors (Lipinski definition) is 3. The maximum Gasteiger partial charge on any atom is 0.132 e. The summed E-state index contributed by atoms with van der Waals surface area (Å²) in [5.41, 5.74) is 0. The van der Waals surface area contributed by atoms with E-state index in [9.17, 15) is 4.79 Å². The van der Waals surface area contributed by atoms with E-state index < -0.39 is 0 Å². The summed E-state index contributed by atoms with van der Waals surface area (Å²) in [7, 11) is 0. The van der Waals surface area contributed by atoms with Crippen LogP contribution in [0.3, 0.4) is 0 Å². The number of ether oxygens (including phenoxy) is 2. The molecule has 3 heteroatoms. The molecule has 3 nitrogen and oxygen atoms in total. The van der Waals surface area contributed by atoms with Crippen molar-refractivity contribution in [3.8, 4) is 0 Å². The summed E-state index contributed by atoms with van der Waals surface area (Å²) in [6, 6.07) is 0. The summed E-state index contributed by atoms with van der Waals surface area (Å²) in [6.45, 7) is 3.68. The minimum Gasteiger partial charge on any atom is -0.372 e. The number of carbonyl (C=O) groups is 1. The minimum absolute atomic E-state index is 0.113. The molecular weight excluding hydrogens is 240 g/mol. The van der Waals surface area contributed by atoms with Gasteiger partial charge in [-0.25, -0.2) is 0 Å². The fourth-order valence-electron chi connectivity index (χ4n) is 3.18. The standard InChI is InChI=1S/C16H26O3/c1-3-6-13-7-4-9-15(18-13)16-10-5-8-14(19-16)11-12(2)17/h3,6,13-16H,4-5,7-11H2,1-2H3/b6-3+. The SMILES string of the molecule is C/C=C/C1CCCC(C2CCCC(CC(C)=O)O2)O1. The van der Waals surface area contributed by atoms with Crippen LogP contribution in [0.25, 0.3) is 0 Å². The number of allylic oxidation sites excluding steroid dienone is 1. The summed E-state index contributed by atoms with van der Waals surface area (Å²) in [6.07, 6.45) is 12.2. The van der Waals surface area contributed by atoms with Crippen molar-refractivity contribution in [3.05, 3.63) is 12.2 Å². The average Bonchev–Trinajstić information content (AvgIpc) is 2.39. The molecule has 19 heavy (non-hydrogen) atoms. The predicted octanol–water partition coefficient (Wildman–Crippen LogP) is 3.42. The highest BCUT2D eigenvalue weighted by Crippen LogP contribution is 2.30. The van der Waals surface area contributed by atoms with Crippen molar-refractivity contribution in [2.75, 3.05) is 0 Å². The first-order valence-electron chi connectivity index (χ1n) is 7.62. The van der Waals surface area contributed by atoms with Crippen LogP contribution in [-0.2, 0) is 14.3 Å². The van der Waals surface area contributed by atoms with E-state index >= 15 is 0 Å². The van der Waals surface area contributed by atoms with Gasteiger partial charge in [-0.05, 0) is 52.4 Å². The Morgan fingerprint density at radius 2 is 1.79 bits per heavy atom. The van der Waals surface area contributed by atoms with Crippen molar-refractivity contribution in [1.82, 2.24) is 0 Å². The lowest BCUT2D eigenvalue weighted by Gasteiger charge is -2.38. The van der Waals surface area contributed by atoms with E-state index in [-0.39, 0.29) is 30.2 Å². The molecule has 2 aliphatic rings. The maximum absolute atomic E-state index is 11.2. The first-order chi connectivity index (χ1) is 9.19. The summed E-state index contributed by atoms with van der Waals surface area (Å²) in [4.78, 5) is 11.2. The molecule has 2 aliphatic heterocycles. The van der Waals surface area contributed by atoms with Gasteiger partial charge >= 0.3 is 0 Å². The van der Waals surface area contributed by atoms with E-state index in [1.54, 1.807) is 6.92 Å². The Labute approximate surface area is 116 Å². The average molecular weight is 266 g/mol. The van der Waals surface area contributed by atoms with Gasteiger partial charge in [-0.15, -0.1) is 0 Å². The zero-order chi connectivity index (χ0) is 13.7. The number of hydrogen-bond donors (Lipinski definition) is 0. The first-order valence-corrected chi connectivity index (χ1v) is 7.62. The zero-order valence-corrected chi connectivity index (χ0v) is 12.1. The quantitative estimate of drug-likeness (QED) is 0.731. The molecule has 2 saturated heterocycles. The van der Waals surface area contributed by atoms with Crippen molar-refractivity contribution in [1.29, 1.82) is 0 Å². The van der Waals surface area contributed by atoms with Gasteiger partial charge in [0.15, 0.2) is 0 Å². The van der Waals surface area contributed by atoms with E-state index in [1.165, 1.54) is 6.42 Å². The third kappa shape index (κ3) is 4.43. The molecule has 2 fully saturated rings. The Balaban J connectivity index is 1.87. The van der Waals surface area contributed by atoms with Crippen molar-refractivity contribution in [3.63, 3.8) is 0 Å². The van der Waals surface area contributed by atoms with Gasteiger partial charge in [-0.3, -0.25) is 4.79 Å². The van der Waals surface area contributed by atoms with Gasteiger partial charge < -0.3 is 9.47 Å². The molecule has 0 bridgehead atoms. The lowest BCUT2D eigenvalue weighted by Crippen LogP contribution is -2.42. The highest BCUT2D eigenvalue weighted by Gasteiger charge is 2.33. The molecule has 0 aromatic heterocycles. The van der Waals surface area contributed by atoms with Crippen LogP contribution in [0.4, 0.5) is 0 Å². The highest BCUT2D eigenvalue weighted by molar-refractivity contribution is 5.75. The van der Waals surface area contributed by atoms with Crippen molar-refractivity contribution in [2.24, 2.45) is 0 Å². The molecule has 0 radical (unpaired) electrons. The summed E-state index contributed by atoms with van der Waals surface area (Å²) >= 11 is 0. The maximum atomic E-state index is 11.2. The van der Waals surface area contributed by atoms with Crippen LogP contribution in [0.5, 0.6) is 0 Å². The Kier molecular flexibility index (Phi) is 5.59. The topological polar surface area (TPSA) is 35.5 Å². The molecule has 0 aromatic rings. The van der Waals surface area contributed by atoms with Gasteiger partial charge in [-0.1, -0.05) is 12.2 Å². The molecule has 0 N–H and O–H groups in total. The third-order valence-corrected chi connectivity index (χ3v) is 4.05. The molecule has 2 rings (SSSR count). The van der Waals surface area contributed by atoms with Crippen LogP contribution < -0.4 is 0 Å². The second kappa shape index (κ2) is 7.20. The Morgan fingerprint density at radius 3 is 2.47 bits per heavy atom. The third-order valence-electron chi connectivity index (χ3n) is 4.05. The Bertz CT molecular complexity index is 324. The fraction of sp³-hybridized carbons (Fsp3) is 0.812. The summed E-state index contributed by atoms with van der Waals surface area (Å²) in [5.74, 6) is 0.224. The molecule has 108 valence electrons. The zero-order valence-electron chi connectivity index (χ0n) is 12.1. The number of carbonyl (C=O) groups excluding carboxylic acids is 1. The monoisotopic (exact) mass is 266 g/mol. The Morgan fingerprint density at radius 1 is 1.11 bits per heavy atom. The molecular formula is C16H26O3. The highest BCUT2D eigenvalue weighted by atomic mass is 16.6. The second-order valence-corrected chi connectivity index (χ2v) is 5.80. The van der Waals surface area contributed by atoms with E-state index in [4.69, 9.17) is 9.47 Å². The Hall–Kier alpha value is -0.670. The number of ketones is 1. The minimum atomic E-state index is 0.113. The summed E-state index contributed by atoms with van der Waals surface area (Å²) < 4.78 is 12.2. The van der Waals surface area contributed by atoms with Crippen molar-refractivity contribution in [2.45, 2.75) is 83.2 Å². The lowest BCUT2D eigenvalue weighted by atomic mass is 9.93. The largest absolute Gasteiger partial charge is 0.372 e. The van der Waals surface area contributed by atoms with Crippen LogP contribution >= 0.6 is 0 Å². The van der Waals surface area contributed by atoms with E-state index in [0.717, 1.165) is 32.1 Å². The van der Waals surface area contributed by atoms with E-state index in [2.05, 4.69) is 12.2 Å². The molecule has 2 heterocycles. The number of rotatable bonds is 4. The van der Waals surface area contributed by atoms with Crippen molar-refractivity contribution >= 4 is 5.78 Å². The van der Waals surface area contributed by atoms with Gasteiger partial charge in [0.1, 0.15) is 5.78 Å². The van der Waals surface area contributed by atoms with Crippen LogP contribution in [0.2, 0.25) is 0 Å². The smallest absolute Gasteiger partial charge is 0.132 e. The van der Waals surface area contributed by atoms with Gasteiger partial charge in [-0.2, -0.15) is 0 Å². The van der Waals surface area contributed by atoms with Gasteiger partial charge in [0.2, 0.25) is 0 Å². The van der Waals surface area contributed by atoms with E-state index in [0.29, 0.717) is 6.42 Å². The van der Waals surface area contributed by atoms with E-state index in [1.807, 2.05) is 6.92 Å². The molecule has 0 amide bonds. The predicted molar refractivity (Wildman–Crippen MR) is 75.1 cm³/mol. The molecule has 4 unspecified atom stereocenters. The van der Waals surface area contributed by atoms with Crippen molar-refractivity contribution < 1.29 is 14.3 Å². The normalized spacial score (nSPS) is 36.5. The van der Waals surface area contributed by atoms with Gasteiger partial charge in [0, 0.05) is 6.42 Å². The molecule has 0 aromatic carbocycles. The second-order valence-electron chi connectivity index (χ2n) is 5.80. The molecule has 0 spiro atoms. The lowest BCUT2D eigenvalue weighted by molar-refractivity contribution is -0.155. The summed E-state index contributed by atoms with van der Waals surface area (Å²) in [5, 5.41) is 0. The van der Waals surface area contributed by atoms with Crippen LogP contribution in [-0.4, -0.2) is 30.2 Å². The fourth-order valence-corrected chi connectivity index (χ4v) is 3.18. The van der Waals surface area contributed by atoms with Gasteiger partial charge in [0.05, 0.1) is 24.4 Å². The van der Waals surface area contributed by atoms with Crippen LogP contribution in [0.1, 0.15) is 58.8 Å². The molecule has 4 atom stereocenters. The van der Waals surface area contributed by atoms with Crippen LogP contribution in [0.15, 0.2) is 12.2 Å². The molecule has 0 saturated carbocycles. The van der Waals surface area contributed by atoms with Gasteiger partial charge in [0.25, 0.3) is 0 Å². The number of Topliss-reactive ketones (excluding diaryl/α,β-unsaturated/α-hetero) is 1.